The van der Waals surface area contributed by atoms with E-state index in [9.17, 15) is 60.1 Å². The maximum absolute atomic E-state index is 14.7. The van der Waals surface area contributed by atoms with Gasteiger partial charge in [0.05, 0.1) is 0 Å². The quantitative estimate of drug-likeness (QED) is 0.0262. The summed E-state index contributed by atoms with van der Waals surface area (Å²) in [5, 5.41) is 20.9. The molecule has 1 aromatic rings. The Hall–Kier alpha value is -5.52. The number of nitrogens with zero attached hydrogens (tertiary/aromatic N) is 3. The van der Waals surface area contributed by atoms with E-state index in [4.69, 9.17) is 20.8 Å². The molecule has 2 aliphatic heterocycles. The Balaban J connectivity index is 2.26. The third-order valence-electron chi connectivity index (χ3n) is 10.7. The van der Waals surface area contributed by atoms with Crippen LogP contribution in [0.15, 0.2) is 35.3 Å². The number of esters is 1. The average Bonchev–Trinajstić information content (AvgIpc) is 3.22. The summed E-state index contributed by atoms with van der Waals surface area (Å²) in [6.45, 7) is 5.99. The van der Waals surface area contributed by atoms with Crippen LogP contribution in [0, 0.1) is 11.8 Å². The number of guanidine groups is 1. The Morgan fingerprint density at radius 3 is 2.12 bits per heavy atom. The van der Waals surface area contributed by atoms with Crippen molar-refractivity contribution in [3.05, 3.63) is 35.9 Å². The lowest BCUT2D eigenvalue weighted by molar-refractivity contribution is -0.166. The van der Waals surface area contributed by atoms with Crippen LogP contribution in [0.25, 0.3) is 0 Å². The fraction of sp³-hybridized carbons (Fsp3) is 0.641. The summed E-state index contributed by atoms with van der Waals surface area (Å²) in [5.41, 5.74) is 11.5. The number of carbonyl (C=O) groups excluding carboxylic acids is 7. The first-order valence-electron chi connectivity index (χ1n) is 21.2. The molecule has 6 amide bonds. The summed E-state index contributed by atoms with van der Waals surface area (Å²) >= 11 is 0. The lowest BCUT2D eigenvalue weighted by atomic mass is 9.94. The van der Waals surface area contributed by atoms with E-state index in [0.717, 1.165) is 16.7 Å². The molecule has 0 radical (unpaired) electrons. The van der Waals surface area contributed by atoms with Crippen LogP contribution in [-0.4, -0.2) is 163 Å². The standard InChI is InChI=1S/C39H61N9O17S2/c1-20(2)17-27-37(55)47(6)26(18-23-11-8-7-9-12-23)33(51)45-30(21(3)4)38(56)64-22(5)31(46-34(52)28(65-67(60,61)62)19-63-66(57,58)59)35(53)43-24(13-10-16-42-39(40)41)32(50)44-25-14-15-29(49)48(27)36(25)54/h7-9,11-12,20-22,24-31,49H,10,13-19H2,1-6H3,(H,43,53)(H,44,50)(H,45,51)(H,46,52)(H4,40,41,42)(H,57,58,59)(H,60,61,62). The van der Waals surface area contributed by atoms with Gasteiger partial charge >= 0.3 is 26.8 Å². The van der Waals surface area contributed by atoms with E-state index in [1.807, 2.05) is 5.32 Å². The van der Waals surface area contributed by atoms with Gasteiger partial charge in [0.15, 0.2) is 12.1 Å². The third kappa shape index (κ3) is 17.3. The van der Waals surface area contributed by atoms with Gasteiger partial charge in [-0.05, 0) is 56.4 Å². The van der Waals surface area contributed by atoms with Gasteiger partial charge in [-0.15, -0.1) is 0 Å². The second kappa shape index (κ2) is 24.5. The number of hydrogen-bond acceptors (Lipinski definition) is 16. The van der Waals surface area contributed by atoms with Crippen LogP contribution in [-0.2, 0) is 73.9 Å². The Morgan fingerprint density at radius 1 is 0.910 bits per heavy atom. The monoisotopic (exact) mass is 991 g/mol. The van der Waals surface area contributed by atoms with Crippen molar-refractivity contribution < 1.29 is 77.7 Å². The van der Waals surface area contributed by atoms with Crippen LogP contribution in [0.5, 0.6) is 0 Å². The van der Waals surface area contributed by atoms with Gasteiger partial charge in [-0.1, -0.05) is 58.0 Å². The normalized spacial score (nSPS) is 25.8. The molecule has 2 fully saturated rings. The molecule has 376 valence electrons. The average molecular weight is 992 g/mol. The topological polar surface area (TPSA) is 395 Å². The predicted molar refractivity (Wildman–Crippen MR) is 234 cm³/mol. The summed E-state index contributed by atoms with van der Waals surface area (Å²) in [7, 11) is -9.62. The minimum absolute atomic E-state index is 0.000197. The third-order valence-corrected chi connectivity index (χ3v) is 11.6. The number of cyclic esters (lactones) is 1. The number of rotatable bonds is 16. The highest BCUT2D eigenvalue weighted by atomic mass is 32.3. The maximum atomic E-state index is 14.7. The van der Waals surface area contributed by atoms with Gasteiger partial charge in [0.1, 0.15) is 55.2 Å². The smallest absolute Gasteiger partial charge is 0.398 e. The van der Waals surface area contributed by atoms with Crippen LogP contribution in [0.2, 0.25) is 0 Å². The first-order chi connectivity index (χ1) is 31.1. The molecule has 28 heteroatoms. The Bertz CT molecular complexity index is 2190. The van der Waals surface area contributed by atoms with Gasteiger partial charge in [0, 0.05) is 20.0 Å². The Morgan fingerprint density at radius 2 is 1.55 bits per heavy atom. The number of ether oxygens (including phenoxy) is 1. The molecule has 11 N–H and O–H groups in total. The predicted octanol–water partition coefficient (Wildman–Crippen LogP) is -2.99. The highest BCUT2D eigenvalue weighted by Crippen LogP contribution is 2.26. The van der Waals surface area contributed by atoms with Gasteiger partial charge in [0.2, 0.25) is 29.5 Å². The zero-order chi connectivity index (χ0) is 50.6. The number of fused-ring (bicyclic) bond motifs is 2. The molecule has 2 aliphatic rings. The van der Waals surface area contributed by atoms with Crippen LogP contribution >= 0.6 is 0 Å². The minimum Gasteiger partial charge on any atom is -0.458 e. The molecule has 1 aromatic carbocycles. The van der Waals surface area contributed by atoms with Crippen molar-refractivity contribution in [1.29, 1.82) is 0 Å². The number of carbonyl (C=O) groups is 7. The molecule has 0 aliphatic carbocycles. The maximum Gasteiger partial charge on any atom is 0.398 e. The van der Waals surface area contributed by atoms with E-state index in [1.165, 1.54) is 20.9 Å². The summed E-state index contributed by atoms with van der Waals surface area (Å²) in [6.07, 6.45) is -6.62. The minimum atomic E-state index is -5.58. The molecule has 0 spiro atoms. The van der Waals surface area contributed by atoms with Crippen LogP contribution < -0.4 is 32.7 Å². The molecular formula is C39H61N9O17S2. The van der Waals surface area contributed by atoms with E-state index < -0.39 is 129 Å². The van der Waals surface area contributed by atoms with Crippen molar-refractivity contribution >= 4 is 68.2 Å². The van der Waals surface area contributed by atoms with Crippen molar-refractivity contribution in [2.75, 3.05) is 20.2 Å². The van der Waals surface area contributed by atoms with E-state index in [0.29, 0.717) is 5.56 Å². The summed E-state index contributed by atoms with van der Waals surface area (Å²) < 4.78 is 78.3. The van der Waals surface area contributed by atoms with Gasteiger partial charge < -0.3 is 52.4 Å². The number of likely N-dealkylation sites (N-methyl/N-ethyl adjacent to an activating group) is 1. The van der Waals surface area contributed by atoms with Crippen molar-refractivity contribution in [3.63, 3.8) is 0 Å². The Kier molecular flexibility index (Phi) is 20.4. The van der Waals surface area contributed by atoms with E-state index >= 15 is 0 Å². The number of aliphatic hydroxyl groups excluding tert-OH is 1. The Labute approximate surface area is 388 Å². The number of piperidine rings is 1. The van der Waals surface area contributed by atoms with Crippen molar-refractivity contribution in [2.45, 2.75) is 128 Å². The first kappa shape index (κ1) is 55.8. The van der Waals surface area contributed by atoms with Gasteiger partial charge in [0.25, 0.3) is 5.91 Å². The number of aliphatic hydroxyl groups is 1. The molecular weight excluding hydrogens is 931 g/mol. The van der Waals surface area contributed by atoms with Crippen molar-refractivity contribution in [3.8, 4) is 0 Å². The number of nitrogens with one attached hydrogen (secondary N) is 4. The fourth-order valence-electron chi connectivity index (χ4n) is 7.27. The van der Waals surface area contributed by atoms with Crippen LogP contribution in [0.3, 0.4) is 0 Å². The van der Waals surface area contributed by atoms with Crippen molar-refractivity contribution in [1.82, 2.24) is 31.1 Å². The van der Waals surface area contributed by atoms with Gasteiger partial charge in [-0.25, -0.2) is 13.2 Å². The molecule has 2 saturated heterocycles. The molecule has 0 saturated carbocycles. The van der Waals surface area contributed by atoms with Gasteiger partial charge in [-0.3, -0.25) is 42.9 Å². The summed E-state index contributed by atoms with van der Waals surface area (Å²) in [6, 6.07) is -0.921. The molecule has 67 heavy (non-hydrogen) atoms. The van der Waals surface area contributed by atoms with Crippen LogP contribution in [0.4, 0.5) is 0 Å². The number of nitrogens with two attached hydrogens (primary N) is 2. The number of benzene rings is 1. The molecule has 26 nitrogen and oxygen atoms in total. The SMILES string of the molecule is CC(C)CC1C(=O)N(C)C(Cc2ccccc2)C(=O)NC(C(C)C)C(=O)OC(C)C(NC(=O)C(COS(=O)(=O)O)OS(=O)(=O)O)C(=O)NC(CCCN=C(N)N)C(=O)NC2CCC(O)N1C2=O. The summed E-state index contributed by atoms with van der Waals surface area (Å²) in [4.78, 5) is 105. The lowest BCUT2D eigenvalue weighted by Crippen LogP contribution is -2.65. The number of amides is 6. The van der Waals surface area contributed by atoms with E-state index in [2.05, 4.69) is 29.3 Å². The number of aliphatic imine (C=N–C) groups is 1. The van der Waals surface area contributed by atoms with E-state index in [-0.39, 0.29) is 56.9 Å². The first-order valence-corrected chi connectivity index (χ1v) is 23.9. The lowest BCUT2D eigenvalue weighted by Gasteiger charge is -2.43. The molecule has 2 heterocycles. The molecule has 9 unspecified atom stereocenters. The summed E-state index contributed by atoms with van der Waals surface area (Å²) in [5.74, 6) is -9.06. The molecule has 3 rings (SSSR count). The zero-order valence-electron chi connectivity index (χ0n) is 37.8. The highest BCUT2D eigenvalue weighted by Gasteiger charge is 2.46. The fourth-order valence-corrected chi connectivity index (χ4v) is 8.01. The molecule has 0 aromatic heterocycles. The second-order valence-corrected chi connectivity index (χ2v) is 18.9. The van der Waals surface area contributed by atoms with Gasteiger partial charge in [-0.2, -0.15) is 16.8 Å². The highest BCUT2D eigenvalue weighted by molar-refractivity contribution is 7.81. The largest absolute Gasteiger partial charge is 0.458 e. The molecule has 2 bridgehead atoms. The second-order valence-electron chi connectivity index (χ2n) is 16.8. The van der Waals surface area contributed by atoms with Crippen LogP contribution in [0.1, 0.15) is 72.3 Å². The molecule has 9 atom stereocenters. The zero-order valence-corrected chi connectivity index (χ0v) is 39.4. The number of hydrogen-bond donors (Lipinski definition) is 9. The van der Waals surface area contributed by atoms with E-state index in [1.54, 1.807) is 44.2 Å². The van der Waals surface area contributed by atoms with Crippen molar-refractivity contribution in [2.24, 2.45) is 28.3 Å².